The molecular formula is C14H6F6N4O. The van der Waals surface area contributed by atoms with Crippen LogP contribution < -0.4 is 5.32 Å². The van der Waals surface area contributed by atoms with Crippen LogP contribution >= 0.6 is 0 Å². The molecule has 0 saturated carbocycles. The number of halogens is 6. The van der Waals surface area contributed by atoms with Gasteiger partial charge in [-0.3, -0.25) is 0 Å². The van der Waals surface area contributed by atoms with Crippen LogP contribution in [0.2, 0.25) is 0 Å². The zero-order valence-electron chi connectivity index (χ0n) is 11.9. The van der Waals surface area contributed by atoms with Crippen LogP contribution in [0.5, 0.6) is 0 Å². The molecule has 0 bridgehead atoms. The number of hydrogen-bond acceptors (Lipinski definition) is 5. The van der Waals surface area contributed by atoms with Gasteiger partial charge in [0.15, 0.2) is 5.57 Å². The first-order valence-electron chi connectivity index (χ1n) is 6.10. The van der Waals surface area contributed by atoms with Crippen LogP contribution in [0.1, 0.15) is 5.56 Å². The predicted octanol–water partition coefficient (Wildman–Crippen LogP) is 3.24. The fourth-order valence-electron chi connectivity index (χ4n) is 1.71. The standard InChI is InChI=1S/C14H6F6N4O/c15-13(16,17)12(25,14(18,19)20)9-1-3-10(4-2-9)24-11(7-23)8(5-21)6-22/h1-4,24-25H. The average molecular weight is 360 g/mol. The summed E-state index contributed by atoms with van der Waals surface area (Å²) in [6.45, 7) is 0. The second-order valence-electron chi connectivity index (χ2n) is 4.49. The summed E-state index contributed by atoms with van der Waals surface area (Å²) in [6, 6.07) is 6.41. The maximum Gasteiger partial charge on any atom is 0.430 e. The fourth-order valence-corrected chi connectivity index (χ4v) is 1.71. The van der Waals surface area contributed by atoms with E-state index in [1.165, 1.54) is 18.2 Å². The van der Waals surface area contributed by atoms with Crippen LogP contribution in [0, 0.1) is 34.0 Å². The molecule has 0 aliphatic carbocycles. The molecule has 0 amide bonds. The minimum atomic E-state index is -6.02. The van der Waals surface area contributed by atoms with Gasteiger partial charge in [-0.15, -0.1) is 0 Å². The number of rotatable bonds is 3. The van der Waals surface area contributed by atoms with Crippen LogP contribution in [-0.2, 0) is 5.60 Å². The molecule has 0 heterocycles. The van der Waals surface area contributed by atoms with Crippen molar-refractivity contribution in [3.63, 3.8) is 0 Å². The molecule has 0 radical (unpaired) electrons. The molecule has 25 heavy (non-hydrogen) atoms. The Balaban J connectivity index is 3.33. The van der Waals surface area contributed by atoms with Gasteiger partial charge < -0.3 is 10.4 Å². The van der Waals surface area contributed by atoms with Crippen molar-refractivity contribution in [3.05, 3.63) is 41.1 Å². The molecule has 1 aromatic carbocycles. The van der Waals surface area contributed by atoms with Crippen molar-refractivity contribution in [2.24, 2.45) is 0 Å². The van der Waals surface area contributed by atoms with E-state index in [2.05, 4.69) is 5.32 Å². The zero-order valence-corrected chi connectivity index (χ0v) is 11.9. The molecule has 1 aromatic rings. The third-order valence-corrected chi connectivity index (χ3v) is 2.98. The van der Waals surface area contributed by atoms with Gasteiger partial charge in [-0.05, 0) is 12.1 Å². The third kappa shape index (κ3) is 3.65. The first kappa shape index (κ1) is 19.8. The van der Waals surface area contributed by atoms with Gasteiger partial charge in [0.2, 0.25) is 0 Å². The number of nitrogens with one attached hydrogen (secondary N) is 1. The Labute approximate surface area is 136 Å². The van der Waals surface area contributed by atoms with Gasteiger partial charge in [0.25, 0.3) is 5.60 Å². The van der Waals surface area contributed by atoms with Crippen LogP contribution in [0.25, 0.3) is 0 Å². The SMILES string of the molecule is N#CC(C#N)=C(C#N)Nc1ccc(C(O)(C(F)(F)F)C(F)(F)F)cc1. The smallest absolute Gasteiger partial charge is 0.369 e. The van der Waals surface area contributed by atoms with E-state index >= 15 is 0 Å². The lowest BCUT2D eigenvalue weighted by molar-refractivity contribution is -0.376. The minimum Gasteiger partial charge on any atom is -0.369 e. The first-order chi connectivity index (χ1) is 11.4. The summed E-state index contributed by atoms with van der Waals surface area (Å²) in [6.07, 6.45) is -12.0. The Morgan fingerprint density at radius 3 is 1.60 bits per heavy atom. The van der Waals surface area contributed by atoms with Crippen LogP contribution in [-0.4, -0.2) is 17.5 Å². The molecule has 5 nitrogen and oxygen atoms in total. The maximum absolute atomic E-state index is 12.7. The summed E-state index contributed by atoms with van der Waals surface area (Å²) in [7, 11) is 0. The molecule has 0 atom stereocenters. The number of aliphatic hydroxyl groups is 1. The summed E-state index contributed by atoms with van der Waals surface area (Å²) in [5, 5.41) is 37.5. The first-order valence-corrected chi connectivity index (χ1v) is 6.10. The van der Waals surface area contributed by atoms with Gasteiger partial charge in [0.05, 0.1) is 0 Å². The molecule has 0 fully saturated rings. The van der Waals surface area contributed by atoms with Crippen molar-refractivity contribution in [3.8, 4) is 18.2 Å². The lowest BCUT2D eigenvalue weighted by atomic mass is 9.92. The largest absolute Gasteiger partial charge is 0.430 e. The molecule has 11 heteroatoms. The summed E-state index contributed by atoms with van der Waals surface area (Å²) in [5.41, 5.74) is -7.90. The van der Waals surface area contributed by atoms with Crippen molar-refractivity contribution < 1.29 is 31.4 Å². The molecule has 0 aliphatic rings. The highest BCUT2D eigenvalue weighted by Gasteiger charge is 2.71. The normalized spacial score (nSPS) is 11.7. The number of nitrogens with zero attached hydrogens (tertiary/aromatic N) is 3. The molecular weight excluding hydrogens is 354 g/mol. The Hall–Kier alpha value is -3.23. The second kappa shape index (κ2) is 6.71. The predicted molar refractivity (Wildman–Crippen MR) is 69.9 cm³/mol. The summed E-state index contributed by atoms with van der Waals surface area (Å²) in [5.74, 6) is 0. The van der Waals surface area contributed by atoms with Crippen LogP contribution in [0.3, 0.4) is 0 Å². The van der Waals surface area contributed by atoms with Gasteiger partial charge in [-0.2, -0.15) is 42.1 Å². The molecule has 0 spiro atoms. The van der Waals surface area contributed by atoms with Crippen LogP contribution in [0.4, 0.5) is 32.0 Å². The molecule has 2 N–H and O–H groups in total. The number of benzene rings is 1. The second-order valence-corrected chi connectivity index (χ2v) is 4.49. The van der Waals surface area contributed by atoms with E-state index < -0.39 is 34.8 Å². The van der Waals surface area contributed by atoms with Gasteiger partial charge in [-0.25, -0.2) is 0 Å². The van der Waals surface area contributed by atoms with Crippen molar-refractivity contribution in [1.82, 2.24) is 0 Å². The fraction of sp³-hybridized carbons (Fsp3) is 0.214. The van der Waals surface area contributed by atoms with E-state index in [4.69, 9.17) is 15.8 Å². The Morgan fingerprint density at radius 1 is 0.840 bits per heavy atom. The molecule has 0 aromatic heterocycles. The van der Waals surface area contributed by atoms with Gasteiger partial charge >= 0.3 is 12.4 Å². The van der Waals surface area contributed by atoms with Crippen molar-refractivity contribution in [2.75, 3.05) is 5.32 Å². The highest BCUT2D eigenvalue weighted by atomic mass is 19.4. The van der Waals surface area contributed by atoms with E-state index in [0.29, 0.717) is 12.1 Å². The Kier molecular flexibility index (Phi) is 5.32. The quantitative estimate of drug-likeness (QED) is 0.636. The molecule has 0 aliphatic heterocycles. The van der Waals surface area contributed by atoms with E-state index in [9.17, 15) is 31.4 Å². The number of hydrogen-bond donors (Lipinski definition) is 2. The van der Waals surface area contributed by atoms with E-state index in [0.717, 1.165) is 12.1 Å². The van der Waals surface area contributed by atoms with E-state index in [-0.39, 0.29) is 5.69 Å². The highest BCUT2D eigenvalue weighted by molar-refractivity contribution is 5.58. The minimum absolute atomic E-state index is 0.171. The Morgan fingerprint density at radius 2 is 1.28 bits per heavy atom. The van der Waals surface area contributed by atoms with Gasteiger partial charge in [-0.1, -0.05) is 12.1 Å². The summed E-state index contributed by atoms with van der Waals surface area (Å²) < 4.78 is 76.4. The van der Waals surface area contributed by atoms with E-state index in [1.54, 1.807) is 0 Å². The lowest BCUT2D eigenvalue weighted by Crippen LogP contribution is -2.53. The maximum atomic E-state index is 12.7. The summed E-state index contributed by atoms with van der Waals surface area (Å²) in [4.78, 5) is 0. The van der Waals surface area contributed by atoms with Crippen molar-refractivity contribution in [2.45, 2.75) is 18.0 Å². The highest BCUT2D eigenvalue weighted by Crippen LogP contribution is 2.50. The monoisotopic (exact) mass is 360 g/mol. The number of anilines is 1. The number of alkyl halides is 6. The zero-order chi connectivity index (χ0) is 19.5. The molecule has 130 valence electrons. The average Bonchev–Trinajstić information content (AvgIpc) is 2.52. The number of allylic oxidation sites excluding steroid dienone is 2. The Bertz CT molecular complexity index is 773. The van der Waals surface area contributed by atoms with E-state index in [1.807, 2.05) is 0 Å². The molecule has 0 saturated heterocycles. The summed E-state index contributed by atoms with van der Waals surface area (Å²) >= 11 is 0. The van der Waals surface area contributed by atoms with Gasteiger partial charge in [0.1, 0.15) is 23.9 Å². The topological polar surface area (TPSA) is 104 Å². The van der Waals surface area contributed by atoms with Crippen molar-refractivity contribution in [1.29, 1.82) is 15.8 Å². The van der Waals surface area contributed by atoms with Gasteiger partial charge in [0, 0.05) is 11.3 Å². The number of nitriles is 3. The van der Waals surface area contributed by atoms with Crippen molar-refractivity contribution >= 4 is 5.69 Å². The molecule has 0 unspecified atom stereocenters. The molecule has 1 rings (SSSR count). The third-order valence-electron chi connectivity index (χ3n) is 2.98. The van der Waals surface area contributed by atoms with Crippen LogP contribution in [0.15, 0.2) is 35.5 Å². The lowest BCUT2D eigenvalue weighted by Gasteiger charge is -2.32.